The van der Waals surface area contributed by atoms with Gasteiger partial charge < -0.3 is 29.0 Å². The van der Waals surface area contributed by atoms with Crippen molar-refractivity contribution in [1.29, 1.82) is 0 Å². The molecule has 304 valence electrons. The molecule has 6 aromatic carbocycles. The predicted octanol–water partition coefficient (Wildman–Crippen LogP) is 11.3. The molecule has 3 aromatic heterocycles. The number of benzene rings is 6. The van der Waals surface area contributed by atoms with Crippen LogP contribution in [0.3, 0.4) is 0 Å². The van der Waals surface area contributed by atoms with Gasteiger partial charge in [-0.1, -0.05) is 146 Å². The Labute approximate surface area is 349 Å². The van der Waals surface area contributed by atoms with E-state index in [1.807, 2.05) is 73.8 Å². The summed E-state index contributed by atoms with van der Waals surface area (Å²) in [6.45, 7) is 2.17. The average Bonchev–Trinajstić information content (AvgIpc) is 3.87. The van der Waals surface area contributed by atoms with Gasteiger partial charge >= 0.3 is 5.97 Å². The number of carboxylic acids is 3. The number of carbonyl (C=O) groups is 3. The smallest absolute Gasteiger partial charge is 0.307 e. The molecular weight excluding hydrogens is 751 g/mol. The lowest BCUT2D eigenvalue weighted by atomic mass is 10.0. The monoisotopic (exact) mass is 799 g/mol. The highest BCUT2D eigenvalue weighted by Gasteiger charge is 2.18. The quantitative estimate of drug-likeness (QED) is 0.159. The van der Waals surface area contributed by atoms with E-state index >= 15 is 0 Å². The third-order valence-corrected chi connectivity index (χ3v) is 9.63. The molecule has 0 aliphatic heterocycles. The molecule has 0 radical (unpaired) electrons. The van der Waals surface area contributed by atoms with Gasteiger partial charge in [-0.05, 0) is 52.6 Å². The van der Waals surface area contributed by atoms with E-state index < -0.39 is 17.9 Å². The number of fused-ring (bicyclic) bond motifs is 3. The van der Waals surface area contributed by atoms with Gasteiger partial charge in [-0.15, -0.1) is 0 Å². The van der Waals surface area contributed by atoms with Gasteiger partial charge in [-0.3, -0.25) is 14.4 Å². The first-order chi connectivity index (χ1) is 28.9. The molecule has 9 heteroatoms. The zero-order chi connectivity index (χ0) is 43.2. The summed E-state index contributed by atoms with van der Waals surface area (Å²) in [6.07, 6.45) is 0.0333. The van der Waals surface area contributed by atoms with Crippen molar-refractivity contribution in [2.45, 2.75) is 20.3 Å². The van der Waals surface area contributed by atoms with Crippen LogP contribution >= 0.6 is 0 Å². The molecule has 9 aromatic rings. The van der Waals surface area contributed by atoms with Gasteiger partial charge in [0.2, 0.25) is 0 Å². The van der Waals surface area contributed by atoms with Crippen LogP contribution in [0.1, 0.15) is 19.4 Å². The van der Waals surface area contributed by atoms with Crippen molar-refractivity contribution in [3.05, 3.63) is 181 Å². The third-order valence-electron chi connectivity index (χ3n) is 9.63. The van der Waals surface area contributed by atoms with Crippen molar-refractivity contribution in [1.82, 2.24) is 13.7 Å². The van der Waals surface area contributed by atoms with Gasteiger partial charge in [0, 0.05) is 79.1 Å². The van der Waals surface area contributed by atoms with Crippen LogP contribution < -0.4 is 0 Å². The van der Waals surface area contributed by atoms with Crippen molar-refractivity contribution >= 4 is 50.6 Å². The second-order valence-electron chi connectivity index (χ2n) is 13.9. The maximum absolute atomic E-state index is 11.2. The molecule has 0 aliphatic carbocycles. The summed E-state index contributed by atoms with van der Waals surface area (Å²) in [5.74, 6) is -2.47. The van der Waals surface area contributed by atoms with Crippen molar-refractivity contribution in [3.63, 3.8) is 0 Å². The summed E-state index contributed by atoms with van der Waals surface area (Å²) in [7, 11) is 6.21. The molecule has 0 saturated carbocycles. The first-order valence-electron chi connectivity index (χ1n) is 19.3. The zero-order valence-electron chi connectivity index (χ0n) is 34.4. The fourth-order valence-electron chi connectivity index (χ4n) is 7.12. The Balaban J connectivity index is 0.000000157. The van der Waals surface area contributed by atoms with Crippen molar-refractivity contribution in [2.24, 2.45) is 21.1 Å². The number of rotatable bonds is 5. The average molecular weight is 800 g/mol. The Morgan fingerprint density at radius 3 is 1.15 bits per heavy atom. The van der Waals surface area contributed by atoms with Crippen LogP contribution in [0.2, 0.25) is 0 Å². The first kappa shape index (κ1) is 43.5. The van der Waals surface area contributed by atoms with Crippen molar-refractivity contribution in [2.75, 3.05) is 0 Å². The first-order valence-corrected chi connectivity index (χ1v) is 19.3. The van der Waals surface area contributed by atoms with E-state index in [0.29, 0.717) is 0 Å². The number of para-hydroxylation sites is 3. The molecule has 3 N–H and O–H groups in total. The number of hydrogen-bond acceptors (Lipinski definition) is 3. The Morgan fingerprint density at radius 1 is 0.433 bits per heavy atom. The van der Waals surface area contributed by atoms with E-state index in [1.54, 1.807) is 0 Å². The molecule has 0 spiro atoms. The van der Waals surface area contributed by atoms with E-state index in [-0.39, 0.29) is 6.42 Å². The van der Waals surface area contributed by atoms with Crippen LogP contribution in [-0.2, 0) is 41.9 Å². The Hall–Kier alpha value is -7.65. The highest BCUT2D eigenvalue weighted by molar-refractivity contribution is 5.95. The van der Waals surface area contributed by atoms with Crippen LogP contribution in [0.5, 0.6) is 0 Å². The van der Waals surface area contributed by atoms with Gasteiger partial charge in [0.05, 0.1) is 12.1 Å². The second-order valence-corrected chi connectivity index (χ2v) is 13.9. The van der Waals surface area contributed by atoms with Crippen molar-refractivity contribution < 1.29 is 29.7 Å². The number of aromatic nitrogens is 3. The topological polar surface area (TPSA) is 127 Å². The van der Waals surface area contributed by atoms with Crippen LogP contribution in [0.15, 0.2) is 176 Å². The zero-order valence-corrected chi connectivity index (χ0v) is 34.4. The number of aryl methyl sites for hydroxylation is 3. The van der Waals surface area contributed by atoms with E-state index in [2.05, 4.69) is 137 Å². The minimum absolute atomic E-state index is 0.0333. The molecule has 3 heterocycles. The number of aliphatic carboxylic acids is 3. The summed E-state index contributed by atoms with van der Waals surface area (Å²) >= 11 is 0. The minimum atomic E-state index is -0.833. The summed E-state index contributed by atoms with van der Waals surface area (Å²) in [6, 6.07) is 60.3. The molecule has 0 bridgehead atoms. The standard InChI is InChI=1S/C17H15NO2.2C15H13N.2C2H4O2/c1-18-15-10-6-5-9-13(15)14(11-16(19)20)17(18)12-7-3-2-4-8-12;2*1-16-14-10-6-5-9-13(14)11-15(16)12-7-3-2-4-8-12;2*1-2(3)4/h2-10H,11H2,1H3,(H,19,20);2*2-11H,1H3;2*1H3,(H,3,4). The van der Waals surface area contributed by atoms with E-state index in [1.165, 1.54) is 44.3 Å². The summed E-state index contributed by atoms with van der Waals surface area (Å²) < 4.78 is 6.55. The summed E-state index contributed by atoms with van der Waals surface area (Å²) in [5, 5.41) is 27.6. The van der Waals surface area contributed by atoms with Crippen LogP contribution in [0, 0.1) is 0 Å². The molecular formula is C51H49N3O6. The van der Waals surface area contributed by atoms with Crippen LogP contribution in [0.4, 0.5) is 0 Å². The Morgan fingerprint density at radius 2 is 0.767 bits per heavy atom. The third kappa shape index (κ3) is 11.0. The maximum Gasteiger partial charge on any atom is 0.307 e. The highest BCUT2D eigenvalue weighted by atomic mass is 16.4. The number of carboxylic acid groups (broad SMARTS) is 3. The lowest BCUT2D eigenvalue weighted by molar-refractivity contribution is -0.136. The SMILES string of the molecule is CC(=O)O.CC(=O)O.Cn1c(-c2ccccc2)c(CC(=O)O)c2ccccc21.Cn1c(-c2ccccc2)cc2ccccc21.Cn1c(-c2ccccc2)cc2ccccc21. The lowest BCUT2D eigenvalue weighted by Gasteiger charge is -2.07. The van der Waals surface area contributed by atoms with Gasteiger partial charge in [0.15, 0.2) is 0 Å². The summed E-state index contributed by atoms with van der Waals surface area (Å²) in [5.41, 5.74) is 11.6. The molecule has 9 nitrogen and oxygen atoms in total. The van der Waals surface area contributed by atoms with Crippen LogP contribution in [-0.4, -0.2) is 46.9 Å². The number of nitrogens with zero attached hydrogens (tertiary/aromatic N) is 3. The fourth-order valence-corrected chi connectivity index (χ4v) is 7.12. The summed E-state index contributed by atoms with van der Waals surface area (Å²) in [4.78, 5) is 29.2. The Kier molecular flexibility index (Phi) is 15.0. The normalized spacial score (nSPS) is 10.2. The lowest BCUT2D eigenvalue weighted by Crippen LogP contribution is -2.02. The molecule has 0 aliphatic rings. The predicted molar refractivity (Wildman–Crippen MR) is 243 cm³/mol. The van der Waals surface area contributed by atoms with Crippen LogP contribution in [0.25, 0.3) is 66.5 Å². The largest absolute Gasteiger partial charge is 0.481 e. The minimum Gasteiger partial charge on any atom is -0.481 e. The molecule has 9 rings (SSSR count). The highest BCUT2D eigenvalue weighted by Crippen LogP contribution is 2.33. The molecule has 0 amide bonds. The fraction of sp³-hybridized carbons (Fsp3) is 0.118. The molecule has 0 fully saturated rings. The second kappa shape index (κ2) is 20.7. The maximum atomic E-state index is 11.2. The van der Waals surface area contributed by atoms with Gasteiger partial charge in [0.1, 0.15) is 0 Å². The molecule has 0 atom stereocenters. The van der Waals surface area contributed by atoms with Crippen molar-refractivity contribution in [3.8, 4) is 33.8 Å². The Bertz CT molecular complexity index is 2680. The van der Waals surface area contributed by atoms with E-state index in [9.17, 15) is 9.90 Å². The molecule has 60 heavy (non-hydrogen) atoms. The van der Waals surface area contributed by atoms with Gasteiger partial charge in [0.25, 0.3) is 11.9 Å². The van der Waals surface area contributed by atoms with Gasteiger partial charge in [-0.25, -0.2) is 0 Å². The van der Waals surface area contributed by atoms with Gasteiger partial charge in [-0.2, -0.15) is 0 Å². The molecule has 0 unspecified atom stereocenters. The van der Waals surface area contributed by atoms with E-state index in [0.717, 1.165) is 41.6 Å². The molecule has 0 saturated heterocycles. The van der Waals surface area contributed by atoms with E-state index in [4.69, 9.17) is 19.8 Å². The number of hydrogen-bond donors (Lipinski definition) is 3.